The van der Waals surface area contributed by atoms with E-state index in [2.05, 4.69) is 20.3 Å². The first-order valence-corrected chi connectivity index (χ1v) is 11.9. The van der Waals surface area contributed by atoms with Crippen molar-refractivity contribution in [2.24, 2.45) is 4.99 Å². The van der Waals surface area contributed by atoms with Crippen molar-refractivity contribution in [2.75, 3.05) is 24.3 Å². The topological polar surface area (TPSA) is 82.6 Å². The smallest absolute Gasteiger partial charge is 0.229 e. The van der Waals surface area contributed by atoms with Gasteiger partial charge in [0.2, 0.25) is 10.0 Å². The van der Waals surface area contributed by atoms with Gasteiger partial charge in [0.1, 0.15) is 5.82 Å². The predicted molar refractivity (Wildman–Crippen MR) is 131 cm³/mol. The van der Waals surface area contributed by atoms with Crippen molar-refractivity contribution in [1.82, 2.24) is 10.6 Å². The minimum Gasteiger partial charge on any atom is -0.352 e. The van der Waals surface area contributed by atoms with Crippen LogP contribution in [0.4, 0.5) is 10.1 Å². The van der Waals surface area contributed by atoms with Gasteiger partial charge in [0.25, 0.3) is 0 Å². The molecule has 160 valence electrons. The number of hydrogen-bond acceptors (Lipinski definition) is 4. The Balaban J connectivity index is 0.00000420. The molecule has 0 saturated carbocycles. The van der Waals surface area contributed by atoms with Crippen molar-refractivity contribution >= 4 is 57.4 Å². The van der Waals surface area contributed by atoms with Crippen LogP contribution in [0, 0.1) is 5.82 Å². The fourth-order valence-corrected chi connectivity index (χ4v) is 3.79. The molecule has 0 radical (unpaired) electrons. The second-order valence-electron chi connectivity index (χ2n) is 6.16. The summed E-state index contributed by atoms with van der Waals surface area (Å²) >= 11 is 1.63. The first-order valence-electron chi connectivity index (χ1n) is 8.59. The van der Waals surface area contributed by atoms with E-state index in [1.165, 1.54) is 6.07 Å². The van der Waals surface area contributed by atoms with Crippen molar-refractivity contribution < 1.29 is 12.8 Å². The number of para-hydroxylation sites is 1. The zero-order valence-electron chi connectivity index (χ0n) is 16.5. The lowest BCUT2D eigenvalue weighted by molar-refractivity contribution is 0.606. The fraction of sp³-hybridized carbons (Fsp3) is 0.316. The standard InChI is InChI=1S/C19H25FN4O2S2.HI/c1-21-19(22-11-14-8-9-17(20)10-16(14)13-27-2)23-12-15-6-4-5-7-18(15)24-28(3,25)26;/h4-10,24H,11-13H2,1-3H3,(H2,21,22,23);1H. The summed E-state index contributed by atoms with van der Waals surface area (Å²) in [5.74, 6) is 1.05. The lowest BCUT2D eigenvalue weighted by Gasteiger charge is -2.16. The zero-order chi connectivity index (χ0) is 20.6. The van der Waals surface area contributed by atoms with Gasteiger partial charge in [-0.15, -0.1) is 24.0 Å². The van der Waals surface area contributed by atoms with Crippen molar-refractivity contribution in [3.8, 4) is 0 Å². The number of halogens is 2. The van der Waals surface area contributed by atoms with Crippen LogP contribution in [0.25, 0.3) is 0 Å². The van der Waals surface area contributed by atoms with Crippen LogP contribution in [0.1, 0.15) is 16.7 Å². The van der Waals surface area contributed by atoms with Gasteiger partial charge < -0.3 is 10.6 Å². The highest BCUT2D eigenvalue weighted by Crippen LogP contribution is 2.17. The van der Waals surface area contributed by atoms with Crippen LogP contribution in [0.3, 0.4) is 0 Å². The highest BCUT2D eigenvalue weighted by molar-refractivity contribution is 14.0. The lowest BCUT2D eigenvalue weighted by Crippen LogP contribution is -2.36. The van der Waals surface area contributed by atoms with E-state index in [1.54, 1.807) is 43.1 Å². The van der Waals surface area contributed by atoms with E-state index in [4.69, 9.17) is 0 Å². The Morgan fingerprint density at radius 1 is 1.07 bits per heavy atom. The van der Waals surface area contributed by atoms with Crippen LogP contribution in [-0.4, -0.2) is 33.9 Å². The summed E-state index contributed by atoms with van der Waals surface area (Å²) in [4.78, 5) is 4.19. The largest absolute Gasteiger partial charge is 0.352 e. The molecule has 6 nitrogen and oxygen atoms in total. The number of thioether (sulfide) groups is 1. The molecule has 2 rings (SSSR count). The molecule has 0 unspecified atom stereocenters. The minimum absolute atomic E-state index is 0. The maximum Gasteiger partial charge on any atom is 0.229 e. The van der Waals surface area contributed by atoms with E-state index in [9.17, 15) is 12.8 Å². The highest BCUT2D eigenvalue weighted by atomic mass is 127. The first kappa shape index (κ1) is 25.5. The molecule has 29 heavy (non-hydrogen) atoms. The minimum atomic E-state index is -3.36. The molecular formula is C19H26FIN4O2S2. The quantitative estimate of drug-likeness (QED) is 0.265. The van der Waals surface area contributed by atoms with E-state index in [-0.39, 0.29) is 29.8 Å². The molecule has 3 N–H and O–H groups in total. The number of aliphatic imine (C=N–C) groups is 1. The first-order chi connectivity index (χ1) is 13.3. The van der Waals surface area contributed by atoms with Gasteiger partial charge in [-0.3, -0.25) is 9.71 Å². The average molecular weight is 552 g/mol. The zero-order valence-corrected chi connectivity index (χ0v) is 20.5. The Morgan fingerprint density at radius 2 is 1.72 bits per heavy atom. The summed E-state index contributed by atoms with van der Waals surface area (Å²) in [6.45, 7) is 0.887. The van der Waals surface area contributed by atoms with Gasteiger partial charge in [0.15, 0.2) is 5.96 Å². The third kappa shape index (κ3) is 8.79. The molecule has 0 aromatic heterocycles. The molecule has 0 amide bonds. The molecule has 0 saturated heterocycles. The molecular weight excluding hydrogens is 526 g/mol. The monoisotopic (exact) mass is 552 g/mol. The highest BCUT2D eigenvalue weighted by Gasteiger charge is 2.09. The van der Waals surface area contributed by atoms with Crippen LogP contribution >= 0.6 is 35.7 Å². The van der Waals surface area contributed by atoms with Gasteiger partial charge in [-0.2, -0.15) is 11.8 Å². The van der Waals surface area contributed by atoms with Gasteiger partial charge >= 0.3 is 0 Å². The van der Waals surface area contributed by atoms with Crippen LogP contribution in [0.5, 0.6) is 0 Å². The van der Waals surface area contributed by atoms with Gasteiger partial charge in [-0.1, -0.05) is 24.3 Å². The fourth-order valence-electron chi connectivity index (χ4n) is 2.61. The maximum atomic E-state index is 13.5. The molecule has 2 aromatic carbocycles. The third-order valence-electron chi connectivity index (χ3n) is 3.90. The van der Waals surface area contributed by atoms with Crippen molar-refractivity contribution in [3.05, 3.63) is 65.0 Å². The van der Waals surface area contributed by atoms with Crippen LogP contribution < -0.4 is 15.4 Å². The van der Waals surface area contributed by atoms with Gasteiger partial charge in [0.05, 0.1) is 11.9 Å². The molecule has 0 bridgehead atoms. The summed E-state index contributed by atoms with van der Waals surface area (Å²) in [6, 6.07) is 11.9. The Bertz CT molecular complexity index is 940. The SMILES string of the molecule is CN=C(NCc1ccc(F)cc1CSC)NCc1ccccc1NS(C)(=O)=O.I. The van der Waals surface area contributed by atoms with Gasteiger partial charge in [0, 0.05) is 25.9 Å². The van der Waals surface area contributed by atoms with Crippen molar-refractivity contribution in [2.45, 2.75) is 18.8 Å². The molecule has 2 aromatic rings. The number of rotatable bonds is 8. The molecule has 0 aliphatic heterocycles. The van der Waals surface area contributed by atoms with Crippen molar-refractivity contribution in [3.63, 3.8) is 0 Å². The summed E-state index contributed by atoms with van der Waals surface area (Å²) in [5, 5.41) is 6.38. The number of sulfonamides is 1. The summed E-state index contributed by atoms with van der Waals surface area (Å²) in [7, 11) is -1.70. The lowest BCUT2D eigenvalue weighted by atomic mass is 10.1. The molecule has 0 aliphatic rings. The molecule has 0 atom stereocenters. The third-order valence-corrected chi connectivity index (χ3v) is 5.09. The summed E-state index contributed by atoms with van der Waals surface area (Å²) < 4.78 is 39.0. The Morgan fingerprint density at radius 3 is 2.34 bits per heavy atom. The van der Waals surface area contributed by atoms with Gasteiger partial charge in [-0.25, -0.2) is 12.8 Å². The maximum absolute atomic E-state index is 13.5. The van der Waals surface area contributed by atoms with Gasteiger partial charge in [-0.05, 0) is 41.1 Å². The molecule has 0 fully saturated rings. The second kappa shape index (κ2) is 12.2. The molecule has 0 heterocycles. The number of benzene rings is 2. The number of nitrogens with one attached hydrogen (secondary N) is 3. The number of hydrogen-bond donors (Lipinski definition) is 3. The van der Waals surface area contributed by atoms with Crippen molar-refractivity contribution in [1.29, 1.82) is 0 Å². The Hall–Kier alpha value is -1.53. The van der Waals surface area contributed by atoms with Crippen LogP contribution in [0.2, 0.25) is 0 Å². The van der Waals surface area contributed by atoms with E-state index >= 15 is 0 Å². The van der Waals surface area contributed by atoms with Crippen LogP contribution in [0.15, 0.2) is 47.5 Å². The number of nitrogens with zero attached hydrogens (tertiary/aromatic N) is 1. The molecule has 0 spiro atoms. The summed E-state index contributed by atoms with van der Waals surface area (Å²) in [5.41, 5.74) is 3.26. The van der Waals surface area contributed by atoms with E-state index in [1.807, 2.05) is 18.4 Å². The average Bonchev–Trinajstić information content (AvgIpc) is 2.63. The van der Waals surface area contributed by atoms with E-state index < -0.39 is 10.0 Å². The number of guanidine groups is 1. The number of anilines is 1. The molecule has 0 aliphatic carbocycles. The second-order valence-corrected chi connectivity index (χ2v) is 8.77. The van der Waals surface area contributed by atoms with E-state index in [0.29, 0.717) is 24.7 Å². The molecule has 10 heteroatoms. The summed E-state index contributed by atoms with van der Waals surface area (Å²) in [6.07, 6.45) is 3.09. The normalized spacial score (nSPS) is 11.5. The Labute approximate surface area is 193 Å². The van der Waals surface area contributed by atoms with Crippen LogP contribution in [-0.2, 0) is 28.9 Å². The predicted octanol–water partition coefficient (Wildman–Crippen LogP) is 3.54. The van der Waals surface area contributed by atoms with E-state index in [0.717, 1.165) is 28.7 Å². The Kier molecular flexibility index (Phi) is 10.8.